The van der Waals surface area contributed by atoms with Crippen LogP contribution in [0, 0.1) is 5.92 Å². The van der Waals surface area contributed by atoms with Gasteiger partial charge in [0.05, 0.1) is 0 Å². The smallest absolute Gasteiger partial charge is 0.224 e. The maximum Gasteiger partial charge on any atom is 0.224 e. The zero-order valence-corrected chi connectivity index (χ0v) is 7.16. The van der Waals surface area contributed by atoms with E-state index < -0.39 is 0 Å². The van der Waals surface area contributed by atoms with Crippen LogP contribution in [0.25, 0.3) is 0 Å². The monoisotopic (exact) mass is 151 g/mol. The van der Waals surface area contributed by atoms with Crippen LogP contribution < -0.4 is 0 Å². The van der Waals surface area contributed by atoms with E-state index in [4.69, 9.17) is 0 Å². The van der Waals surface area contributed by atoms with Crippen molar-refractivity contribution in [2.45, 2.75) is 13.8 Å². The SMILES string of the molecule is CC(C)C(=O)N(C)C.Cl. The molecule has 0 aliphatic carbocycles. The highest BCUT2D eigenvalue weighted by atomic mass is 35.5. The minimum atomic E-state index is 0. The van der Waals surface area contributed by atoms with Gasteiger partial charge >= 0.3 is 0 Å². The predicted molar refractivity (Wildman–Crippen MR) is 40.8 cm³/mol. The molecule has 0 heterocycles. The highest BCUT2D eigenvalue weighted by Crippen LogP contribution is 1.94. The van der Waals surface area contributed by atoms with E-state index in [1.165, 1.54) is 0 Å². The molecule has 0 saturated carbocycles. The maximum absolute atomic E-state index is 10.8. The number of carbonyl (C=O) groups excluding carboxylic acids is 1. The van der Waals surface area contributed by atoms with Crippen molar-refractivity contribution in [1.29, 1.82) is 0 Å². The van der Waals surface area contributed by atoms with Gasteiger partial charge in [0.25, 0.3) is 0 Å². The van der Waals surface area contributed by atoms with Gasteiger partial charge in [-0.2, -0.15) is 0 Å². The van der Waals surface area contributed by atoms with Gasteiger partial charge in [0.15, 0.2) is 0 Å². The molecule has 0 fully saturated rings. The summed E-state index contributed by atoms with van der Waals surface area (Å²) in [6.07, 6.45) is 0. The van der Waals surface area contributed by atoms with Gasteiger partial charge in [-0.3, -0.25) is 4.79 Å². The largest absolute Gasteiger partial charge is 0.349 e. The number of rotatable bonds is 1. The Morgan fingerprint density at radius 1 is 1.33 bits per heavy atom. The topological polar surface area (TPSA) is 20.3 Å². The summed E-state index contributed by atoms with van der Waals surface area (Å²) in [7, 11) is 3.53. The first-order valence-corrected chi connectivity index (χ1v) is 2.77. The second-order valence-corrected chi connectivity index (χ2v) is 2.39. The van der Waals surface area contributed by atoms with Crippen LogP contribution in [0.1, 0.15) is 13.8 Å². The van der Waals surface area contributed by atoms with Crippen LogP contribution in [-0.2, 0) is 4.79 Å². The fourth-order valence-corrected chi connectivity index (χ4v) is 0.516. The zero-order chi connectivity index (χ0) is 6.73. The van der Waals surface area contributed by atoms with Crippen molar-refractivity contribution < 1.29 is 4.79 Å². The van der Waals surface area contributed by atoms with E-state index in [0.717, 1.165) is 0 Å². The van der Waals surface area contributed by atoms with Crippen molar-refractivity contribution in [3.05, 3.63) is 0 Å². The Labute approximate surface area is 62.6 Å². The maximum atomic E-state index is 10.8. The second-order valence-electron chi connectivity index (χ2n) is 2.39. The minimum absolute atomic E-state index is 0. The average Bonchev–Trinajstić information content (AvgIpc) is 1.64. The fourth-order valence-electron chi connectivity index (χ4n) is 0.516. The third kappa shape index (κ3) is 4.28. The van der Waals surface area contributed by atoms with Gasteiger partial charge in [-0.1, -0.05) is 13.8 Å². The lowest BCUT2D eigenvalue weighted by Crippen LogP contribution is -2.26. The first-order chi connectivity index (χ1) is 3.55. The molecule has 0 aliphatic heterocycles. The van der Waals surface area contributed by atoms with Crippen molar-refractivity contribution in [3.63, 3.8) is 0 Å². The Kier molecular flexibility index (Phi) is 5.93. The first-order valence-electron chi connectivity index (χ1n) is 2.77. The number of hydrogen-bond acceptors (Lipinski definition) is 1. The lowest BCUT2D eigenvalue weighted by atomic mass is 10.2. The van der Waals surface area contributed by atoms with Gasteiger partial charge in [0.2, 0.25) is 5.91 Å². The van der Waals surface area contributed by atoms with Crippen molar-refractivity contribution in [2.24, 2.45) is 5.92 Å². The third-order valence-electron chi connectivity index (χ3n) is 0.935. The number of hydrogen-bond donors (Lipinski definition) is 0. The summed E-state index contributed by atoms with van der Waals surface area (Å²) >= 11 is 0. The fraction of sp³-hybridized carbons (Fsp3) is 0.833. The molecule has 0 bridgehead atoms. The Hall–Kier alpha value is -0.240. The van der Waals surface area contributed by atoms with Crippen LogP contribution in [0.4, 0.5) is 0 Å². The summed E-state index contributed by atoms with van der Waals surface area (Å²) in [4.78, 5) is 12.4. The van der Waals surface area contributed by atoms with Gasteiger partial charge < -0.3 is 4.90 Å². The van der Waals surface area contributed by atoms with Gasteiger partial charge in [-0.25, -0.2) is 0 Å². The molecule has 3 heteroatoms. The molecule has 0 spiro atoms. The number of amides is 1. The molecule has 0 atom stereocenters. The Bertz CT molecular complexity index is 81.1. The van der Waals surface area contributed by atoms with Crippen molar-refractivity contribution in [2.75, 3.05) is 14.1 Å². The van der Waals surface area contributed by atoms with Gasteiger partial charge in [0, 0.05) is 20.0 Å². The summed E-state index contributed by atoms with van der Waals surface area (Å²) in [6, 6.07) is 0. The van der Waals surface area contributed by atoms with Crippen LogP contribution in [-0.4, -0.2) is 24.9 Å². The summed E-state index contributed by atoms with van der Waals surface area (Å²) in [5, 5.41) is 0. The van der Waals surface area contributed by atoms with Crippen LogP contribution in [0.15, 0.2) is 0 Å². The highest BCUT2D eigenvalue weighted by molar-refractivity contribution is 5.85. The van der Waals surface area contributed by atoms with Crippen LogP contribution in [0.3, 0.4) is 0 Å². The second kappa shape index (κ2) is 4.62. The number of carbonyl (C=O) groups is 1. The van der Waals surface area contributed by atoms with E-state index in [-0.39, 0.29) is 24.2 Å². The summed E-state index contributed by atoms with van der Waals surface area (Å²) in [5.74, 6) is 0.315. The van der Waals surface area contributed by atoms with E-state index in [1.54, 1.807) is 19.0 Å². The Morgan fingerprint density at radius 2 is 1.67 bits per heavy atom. The molecule has 2 nitrogen and oxygen atoms in total. The molecule has 0 aromatic heterocycles. The van der Waals surface area contributed by atoms with Crippen molar-refractivity contribution >= 4 is 18.3 Å². The molecule has 0 saturated heterocycles. The van der Waals surface area contributed by atoms with Gasteiger partial charge in [0.1, 0.15) is 0 Å². The lowest BCUT2D eigenvalue weighted by molar-refractivity contribution is -0.131. The van der Waals surface area contributed by atoms with Gasteiger partial charge in [-0.15, -0.1) is 12.4 Å². The molecule has 0 aliphatic rings. The predicted octanol–water partition coefficient (Wildman–Crippen LogP) is 1.15. The molecular formula is C6H14ClNO. The number of halogens is 1. The number of nitrogens with zero attached hydrogens (tertiary/aromatic N) is 1. The van der Waals surface area contributed by atoms with E-state index in [9.17, 15) is 4.79 Å². The molecule has 1 amide bonds. The first kappa shape index (κ1) is 11.5. The van der Waals surface area contributed by atoms with E-state index in [1.807, 2.05) is 13.8 Å². The molecule has 0 radical (unpaired) electrons. The minimum Gasteiger partial charge on any atom is -0.349 e. The molecule has 56 valence electrons. The summed E-state index contributed by atoms with van der Waals surface area (Å²) in [6.45, 7) is 3.78. The van der Waals surface area contributed by atoms with E-state index in [2.05, 4.69) is 0 Å². The Balaban J connectivity index is 0. The standard InChI is InChI=1S/C6H13NO.ClH/c1-5(2)6(8)7(3)4;/h5H,1-4H3;1H. The molecule has 0 aromatic rings. The highest BCUT2D eigenvalue weighted by Gasteiger charge is 2.06. The molecular weight excluding hydrogens is 138 g/mol. The zero-order valence-electron chi connectivity index (χ0n) is 6.34. The molecule has 0 unspecified atom stereocenters. The van der Waals surface area contributed by atoms with Crippen LogP contribution in [0.2, 0.25) is 0 Å². The van der Waals surface area contributed by atoms with Crippen LogP contribution in [0.5, 0.6) is 0 Å². The normalized spacial score (nSPS) is 8.56. The Morgan fingerprint density at radius 3 is 1.67 bits per heavy atom. The molecule has 9 heavy (non-hydrogen) atoms. The molecule has 0 aromatic carbocycles. The van der Waals surface area contributed by atoms with Crippen LogP contribution >= 0.6 is 12.4 Å². The van der Waals surface area contributed by atoms with Gasteiger partial charge in [-0.05, 0) is 0 Å². The quantitative estimate of drug-likeness (QED) is 0.551. The van der Waals surface area contributed by atoms with Crippen molar-refractivity contribution in [3.8, 4) is 0 Å². The third-order valence-corrected chi connectivity index (χ3v) is 0.935. The average molecular weight is 152 g/mol. The van der Waals surface area contributed by atoms with E-state index in [0.29, 0.717) is 0 Å². The van der Waals surface area contributed by atoms with Crippen molar-refractivity contribution in [1.82, 2.24) is 4.90 Å². The molecule has 0 N–H and O–H groups in total. The lowest BCUT2D eigenvalue weighted by Gasteiger charge is -2.11. The summed E-state index contributed by atoms with van der Waals surface area (Å²) in [5.41, 5.74) is 0. The molecule has 0 rings (SSSR count). The van der Waals surface area contributed by atoms with E-state index >= 15 is 0 Å². The summed E-state index contributed by atoms with van der Waals surface area (Å²) < 4.78 is 0.